The van der Waals surface area contributed by atoms with E-state index in [1.165, 1.54) is 19.3 Å². The SMILES string of the molecule is CCCC(CC)NCCCCCC(=O)O. The van der Waals surface area contributed by atoms with Gasteiger partial charge in [0, 0.05) is 12.5 Å². The highest BCUT2D eigenvalue weighted by atomic mass is 16.4. The van der Waals surface area contributed by atoms with Gasteiger partial charge in [-0.15, -0.1) is 0 Å². The van der Waals surface area contributed by atoms with Gasteiger partial charge in [-0.25, -0.2) is 0 Å². The number of carbonyl (C=O) groups is 1. The van der Waals surface area contributed by atoms with Gasteiger partial charge in [0.2, 0.25) is 0 Å². The van der Waals surface area contributed by atoms with Gasteiger partial charge < -0.3 is 10.4 Å². The molecule has 15 heavy (non-hydrogen) atoms. The molecule has 0 bridgehead atoms. The fourth-order valence-corrected chi connectivity index (χ4v) is 1.68. The molecule has 2 N–H and O–H groups in total. The number of hydrogen-bond donors (Lipinski definition) is 2. The van der Waals surface area contributed by atoms with Crippen molar-refractivity contribution in [2.45, 2.75) is 64.8 Å². The first-order chi connectivity index (χ1) is 7.20. The molecule has 0 saturated carbocycles. The van der Waals surface area contributed by atoms with Crippen LogP contribution in [0, 0.1) is 0 Å². The Labute approximate surface area is 93.3 Å². The summed E-state index contributed by atoms with van der Waals surface area (Å²) >= 11 is 0. The van der Waals surface area contributed by atoms with E-state index in [-0.39, 0.29) is 0 Å². The van der Waals surface area contributed by atoms with E-state index in [4.69, 9.17) is 5.11 Å². The minimum absolute atomic E-state index is 0.312. The van der Waals surface area contributed by atoms with Gasteiger partial charge in [-0.2, -0.15) is 0 Å². The quantitative estimate of drug-likeness (QED) is 0.551. The first-order valence-electron chi connectivity index (χ1n) is 6.15. The lowest BCUT2D eigenvalue weighted by molar-refractivity contribution is -0.137. The summed E-state index contributed by atoms with van der Waals surface area (Å²) in [4.78, 5) is 10.3. The highest BCUT2D eigenvalue weighted by molar-refractivity contribution is 5.66. The molecule has 0 saturated heterocycles. The van der Waals surface area contributed by atoms with E-state index in [0.717, 1.165) is 25.8 Å². The molecule has 3 nitrogen and oxygen atoms in total. The molecule has 0 heterocycles. The van der Waals surface area contributed by atoms with Crippen molar-refractivity contribution in [2.24, 2.45) is 0 Å². The van der Waals surface area contributed by atoms with Crippen molar-refractivity contribution in [3.63, 3.8) is 0 Å². The number of aliphatic carboxylic acids is 1. The second-order valence-electron chi connectivity index (χ2n) is 4.05. The molecule has 0 radical (unpaired) electrons. The smallest absolute Gasteiger partial charge is 0.303 e. The summed E-state index contributed by atoms with van der Waals surface area (Å²) in [6.07, 6.45) is 6.88. The average molecular weight is 215 g/mol. The molecule has 0 rings (SSSR count). The minimum Gasteiger partial charge on any atom is -0.481 e. The van der Waals surface area contributed by atoms with Crippen LogP contribution in [0.15, 0.2) is 0 Å². The lowest BCUT2D eigenvalue weighted by Gasteiger charge is -2.15. The van der Waals surface area contributed by atoms with Crippen molar-refractivity contribution < 1.29 is 9.90 Å². The molecule has 3 heteroatoms. The largest absolute Gasteiger partial charge is 0.481 e. The molecule has 0 aliphatic rings. The summed E-state index contributed by atoms with van der Waals surface area (Å²) in [7, 11) is 0. The van der Waals surface area contributed by atoms with E-state index < -0.39 is 5.97 Å². The van der Waals surface area contributed by atoms with Crippen LogP contribution in [0.5, 0.6) is 0 Å². The van der Waals surface area contributed by atoms with Gasteiger partial charge >= 0.3 is 5.97 Å². The second-order valence-corrected chi connectivity index (χ2v) is 4.05. The lowest BCUT2D eigenvalue weighted by Crippen LogP contribution is -2.29. The summed E-state index contributed by atoms with van der Waals surface area (Å²) in [6, 6.07) is 0.648. The van der Waals surface area contributed by atoms with E-state index in [1.807, 2.05) is 0 Å². The van der Waals surface area contributed by atoms with Gasteiger partial charge in [0.25, 0.3) is 0 Å². The van der Waals surface area contributed by atoms with Crippen molar-refractivity contribution in [1.82, 2.24) is 5.32 Å². The predicted octanol–water partition coefficient (Wildman–Crippen LogP) is 2.80. The van der Waals surface area contributed by atoms with Crippen LogP contribution in [-0.4, -0.2) is 23.7 Å². The van der Waals surface area contributed by atoms with Gasteiger partial charge in [-0.05, 0) is 32.2 Å². The molecule has 0 fully saturated rings. The van der Waals surface area contributed by atoms with Gasteiger partial charge in [0.15, 0.2) is 0 Å². The Morgan fingerprint density at radius 3 is 2.53 bits per heavy atom. The van der Waals surface area contributed by atoms with Crippen LogP contribution < -0.4 is 5.32 Å². The maximum Gasteiger partial charge on any atom is 0.303 e. The zero-order valence-electron chi connectivity index (χ0n) is 10.1. The number of hydrogen-bond acceptors (Lipinski definition) is 2. The standard InChI is InChI=1S/C12H25NO2/c1-3-8-11(4-2)13-10-7-5-6-9-12(14)15/h11,13H,3-10H2,1-2H3,(H,14,15). The van der Waals surface area contributed by atoms with Gasteiger partial charge in [0.05, 0.1) is 0 Å². The monoisotopic (exact) mass is 215 g/mol. The second kappa shape index (κ2) is 9.97. The zero-order valence-corrected chi connectivity index (χ0v) is 10.1. The number of nitrogens with one attached hydrogen (secondary N) is 1. The topological polar surface area (TPSA) is 49.3 Å². The molecule has 1 atom stereocenters. The van der Waals surface area contributed by atoms with Gasteiger partial charge in [-0.3, -0.25) is 4.79 Å². The van der Waals surface area contributed by atoms with Crippen LogP contribution in [0.4, 0.5) is 0 Å². The van der Waals surface area contributed by atoms with Crippen molar-refractivity contribution in [3.8, 4) is 0 Å². The van der Waals surface area contributed by atoms with E-state index >= 15 is 0 Å². The molecule has 0 aromatic rings. The maximum atomic E-state index is 10.3. The molecule has 0 aromatic heterocycles. The van der Waals surface area contributed by atoms with Crippen molar-refractivity contribution in [1.29, 1.82) is 0 Å². The Kier molecular flexibility index (Phi) is 9.59. The third kappa shape index (κ3) is 9.73. The maximum absolute atomic E-state index is 10.3. The third-order valence-electron chi connectivity index (χ3n) is 2.63. The third-order valence-corrected chi connectivity index (χ3v) is 2.63. The van der Waals surface area contributed by atoms with Gasteiger partial charge in [-0.1, -0.05) is 26.7 Å². The summed E-state index contributed by atoms with van der Waals surface area (Å²) in [5.41, 5.74) is 0. The van der Waals surface area contributed by atoms with E-state index in [1.54, 1.807) is 0 Å². The normalized spacial score (nSPS) is 12.7. The van der Waals surface area contributed by atoms with Crippen LogP contribution in [0.25, 0.3) is 0 Å². The first-order valence-corrected chi connectivity index (χ1v) is 6.15. The molecular weight excluding hydrogens is 190 g/mol. The van der Waals surface area contributed by atoms with E-state index in [2.05, 4.69) is 19.2 Å². The average Bonchev–Trinajstić information content (AvgIpc) is 2.21. The Bertz CT molecular complexity index is 160. The fourth-order valence-electron chi connectivity index (χ4n) is 1.68. The van der Waals surface area contributed by atoms with Crippen LogP contribution >= 0.6 is 0 Å². The van der Waals surface area contributed by atoms with Crippen LogP contribution in [0.2, 0.25) is 0 Å². The van der Waals surface area contributed by atoms with Crippen molar-refractivity contribution in [3.05, 3.63) is 0 Å². The molecule has 0 aromatic carbocycles. The highest BCUT2D eigenvalue weighted by Crippen LogP contribution is 2.03. The summed E-state index contributed by atoms with van der Waals surface area (Å²) < 4.78 is 0. The molecule has 0 amide bonds. The zero-order chi connectivity index (χ0) is 11.5. The van der Waals surface area contributed by atoms with Crippen LogP contribution in [0.3, 0.4) is 0 Å². The molecular formula is C12H25NO2. The first kappa shape index (κ1) is 14.4. The van der Waals surface area contributed by atoms with Crippen LogP contribution in [0.1, 0.15) is 58.8 Å². The minimum atomic E-state index is -0.680. The Morgan fingerprint density at radius 1 is 1.27 bits per heavy atom. The van der Waals surface area contributed by atoms with E-state index in [0.29, 0.717) is 12.5 Å². The Hall–Kier alpha value is -0.570. The molecule has 0 aliphatic carbocycles. The highest BCUT2D eigenvalue weighted by Gasteiger charge is 2.02. The summed E-state index contributed by atoms with van der Waals surface area (Å²) in [5.74, 6) is -0.680. The fraction of sp³-hybridized carbons (Fsp3) is 0.917. The summed E-state index contributed by atoms with van der Waals surface area (Å²) in [5, 5.41) is 12.0. The van der Waals surface area contributed by atoms with Crippen molar-refractivity contribution >= 4 is 5.97 Å². The lowest BCUT2D eigenvalue weighted by atomic mass is 10.1. The molecule has 0 aliphatic heterocycles. The van der Waals surface area contributed by atoms with Crippen LogP contribution in [-0.2, 0) is 4.79 Å². The molecule has 0 spiro atoms. The Morgan fingerprint density at radius 2 is 2.00 bits per heavy atom. The van der Waals surface area contributed by atoms with E-state index in [9.17, 15) is 4.79 Å². The predicted molar refractivity (Wildman–Crippen MR) is 63.1 cm³/mol. The Balaban J connectivity index is 3.24. The number of carboxylic acids is 1. The number of unbranched alkanes of at least 4 members (excludes halogenated alkanes) is 2. The van der Waals surface area contributed by atoms with Gasteiger partial charge in [0.1, 0.15) is 0 Å². The number of rotatable bonds is 10. The van der Waals surface area contributed by atoms with Crippen molar-refractivity contribution in [2.75, 3.05) is 6.54 Å². The molecule has 90 valence electrons. The number of carboxylic acid groups (broad SMARTS) is 1. The summed E-state index contributed by atoms with van der Waals surface area (Å²) in [6.45, 7) is 5.44. The molecule has 1 unspecified atom stereocenters.